The highest BCUT2D eigenvalue weighted by Gasteiger charge is 2.20. The van der Waals surface area contributed by atoms with E-state index in [1.165, 1.54) is 42.2 Å². The summed E-state index contributed by atoms with van der Waals surface area (Å²) in [4.78, 5) is 4.32. The summed E-state index contributed by atoms with van der Waals surface area (Å²) in [5.41, 5.74) is 0. The molecule has 0 unspecified atom stereocenters. The van der Waals surface area contributed by atoms with Gasteiger partial charge in [-0.1, -0.05) is 12.8 Å². The first-order valence-electron chi connectivity index (χ1n) is 3.85. The average Bonchev–Trinajstić information content (AvgIpc) is 2.55. The second-order valence-corrected chi connectivity index (χ2v) is 4.38. The van der Waals surface area contributed by atoms with Gasteiger partial charge in [-0.2, -0.15) is 4.37 Å². The molecule has 0 spiro atoms. The molecule has 2 rings (SSSR count). The Morgan fingerprint density at radius 2 is 2.09 bits per heavy atom. The zero-order valence-corrected chi connectivity index (χ0v) is 8.49. The SMILES string of the molecule is Brc1nsc(C2CCCC2)n1. The lowest BCUT2D eigenvalue weighted by Crippen LogP contribution is -1.89. The standard InChI is InChI=1S/C7H9BrN2S/c8-7-9-6(11-10-7)5-3-1-2-4-5/h5H,1-4H2. The molecule has 1 heterocycles. The van der Waals surface area contributed by atoms with Gasteiger partial charge < -0.3 is 0 Å². The summed E-state index contributed by atoms with van der Waals surface area (Å²) in [7, 11) is 0. The third-order valence-electron chi connectivity index (χ3n) is 2.12. The van der Waals surface area contributed by atoms with Gasteiger partial charge in [-0.15, -0.1) is 0 Å². The molecule has 4 heteroatoms. The first kappa shape index (κ1) is 7.68. The quantitative estimate of drug-likeness (QED) is 0.745. The van der Waals surface area contributed by atoms with Gasteiger partial charge in [0.15, 0.2) is 0 Å². The molecule has 0 aromatic carbocycles. The summed E-state index contributed by atoms with van der Waals surface area (Å²) in [6.45, 7) is 0. The van der Waals surface area contributed by atoms with Crippen molar-refractivity contribution >= 4 is 27.5 Å². The van der Waals surface area contributed by atoms with Crippen molar-refractivity contribution in [2.24, 2.45) is 0 Å². The van der Waals surface area contributed by atoms with Crippen LogP contribution < -0.4 is 0 Å². The number of hydrogen-bond acceptors (Lipinski definition) is 3. The molecule has 1 aromatic heterocycles. The highest BCUT2D eigenvalue weighted by atomic mass is 79.9. The molecular formula is C7H9BrN2S. The van der Waals surface area contributed by atoms with E-state index in [9.17, 15) is 0 Å². The molecule has 0 aliphatic heterocycles. The fourth-order valence-electron chi connectivity index (χ4n) is 1.55. The van der Waals surface area contributed by atoms with Gasteiger partial charge in [0, 0.05) is 5.92 Å². The lowest BCUT2D eigenvalue weighted by Gasteiger charge is -2.00. The Bertz CT molecular complexity index is 242. The number of aromatic nitrogens is 2. The summed E-state index contributed by atoms with van der Waals surface area (Å²) in [5, 5.41) is 1.22. The monoisotopic (exact) mass is 232 g/mol. The van der Waals surface area contributed by atoms with Gasteiger partial charge in [-0.05, 0) is 40.3 Å². The summed E-state index contributed by atoms with van der Waals surface area (Å²) in [5.74, 6) is 0.707. The summed E-state index contributed by atoms with van der Waals surface area (Å²) in [6, 6.07) is 0. The second kappa shape index (κ2) is 3.19. The van der Waals surface area contributed by atoms with Crippen molar-refractivity contribution in [1.82, 2.24) is 9.36 Å². The van der Waals surface area contributed by atoms with Crippen LogP contribution in [0.3, 0.4) is 0 Å². The van der Waals surface area contributed by atoms with Crippen molar-refractivity contribution < 1.29 is 0 Å². The fraction of sp³-hybridized carbons (Fsp3) is 0.714. The zero-order valence-electron chi connectivity index (χ0n) is 6.09. The van der Waals surface area contributed by atoms with E-state index in [-0.39, 0.29) is 0 Å². The van der Waals surface area contributed by atoms with Gasteiger partial charge >= 0.3 is 0 Å². The van der Waals surface area contributed by atoms with Crippen LogP contribution in [0.1, 0.15) is 36.6 Å². The van der Waals surface area contributed by atoms with E-state index in [0.29, 0.717) is 5.92 Å². The minimum Gasteiger partial charge on any atom is -0.214 e. The van der Waals surface area contributed by atoms with E-state index >= 15 is 0 Å². The van der Waals surface area contributed by atoms with Crippen LogP contribution in [0, 0.1) is 0 Å². The smallest absolute Gasteiger partial charge is 0.209 e. The Hall–Kier alpha value is 0.0400. The molecule has 1 fully saturated rings. The zero-order chi connectivity index (χ0) is 7.68. The molecule has 0 atom stereocenters. The third kappa shape index (κ3) is 1.62. The molecule has 11 heavy (non-hydrogen) atoms. The minimum absolute atomic E-state index is 0.707. The summed E-state index contributed by atoms with van der Waals surface area (Å²) < 4.78 is 4.86. The largest absolute Gasteiger partial charge is 0.214 e. The molecule has 0 radical (unpaired) electrons. The number of nitrogens with zero attached hydrogens (tertiary/aromatic N) is 2. The number of rotatable bonds is 1. The highest BCUT2D eigenvalue weighted by Crippen LogP contribution is 2.35. The first-order valence-corrected chi connectivity index (χ1v) is 5.42. The van der Waals surface area contributed by atoms with Crippen molar-refractivity contribution in [1.29, 1.82) is 0 Å². The van der Waals surface area contributed by atoms with E-state index in [0.717, 1.165) is 4.73 Å². The second-order valence-electron chi connectivity index (χ2n) is 2.88. The predicted octanol–water partition coefficient (Wildman–Crippen LogP) is 2.96. The number of halogens is 1. The van der Waals surface area contributed by atoms with Gasteiger partial charge in [0.25, 0.3) is 0 Å². The van der Waals surface area contributed by atoms with Crippen molar-refractivity contribution in [2.45, 2.75) is 31.6 Å². The third-order valence-corrected chi connectivity index (χ3v) is 3.59. The Kier molecular flexibility index (Phi) is 2.23. The molecule has 2 nitrogen and oxygen atoms in total. The highest BCUT2D eigenvalue weighted by molar-refractivity contribution is 9.10. The normalized spacial score (nSPS) is 19.4. The van der Waals surface area contributed by atoms with Crippen molar-refractivity contribution in [3.63, 3.8) is 0 Å². The van der Waals surface area contributed by atoms with Crippen molar-refractivity contribution in [3.05, 3.63) is 9.74 Å². The van der Waals surface area contributed by atoms with Gasteiger partial charge in [0.1, 0.15) is 5.01 Å². The molecular weight excluding hydrogens is 224 g/mol. The summed E-state index contributed by atoms with van der Waals surface area (Å²) in [6.07, 6.45) is 5.34. The van der Waals surface area contributed by atoms with Crippen LogP contribution in [0.15, 0.2) is 4.73 Å². The van der Waals surface area contributed by atoms with E-state index in [1.807, 2.05) is 0 Å². The molecule has 1 aromatic rings. The van der Waals surface area contributed by atoms with Gasteiger partial charge in [-0.3, -0.25) is 0 Å². The Labute approximate surface area is 78.3 Å². The Morgan fingerprint density at radius 3 is 2.64 bits per heavy atom. The maximum Gasteiger partial charge on any atom is 0.209 e. The maximum atomic E-state index is 4.32. The average molecular weight is 233 g/mol. The van der Waals surface area contributed by atoms with Crippen LogP contribution in [0.2, 0.25) is 0 Å². The van der Waals surface area contributed by atoms with Crippen molar-refractivity contribution in [3.8, 4) is 0 Å². The van der Waals surface area contributed by atoms with Gasteiger partial charge in [-0.25, -0.2) is 4.98 Å². The first-order chi connectivity index (χ1) is 5.36. The molecule has 0 saturated heterocycles. The van der Waals surface area contributed by atoms with Crippen molar-refractivity contribution in [2.75, 3.05) is 0 Å². The molecule has 0 amide bonds. The van der Waals surface area contributed by atoms with Gasteiger partial charge in [0.2, 0.25) is 4.73 Å². The van der Waals surface area contributed by atoms with Crippen LogP contribution in [0.5, 0.6) is 0 Å². The lowest BCUT2D eigenvalue weighted by molar-refractivity contribution is 0.714. The molecule has 0 bridgehead atoms. The van der Waals surface area contributed by atoms with Crippen LogP contribution in [-0.2, 0) is 0 Å². The molecule has 0 N–H and O–H groups in total. The lowest BCUT2D eigenvalue weighted by atomic mass is 10.1. The maximum absolute atomic E-state index is 4.32. The summed E-state index contributed by atoms with van der Waals surface area (Å²) >= 11 is 4.81. The van der Waals surface area contributed by atoms with E-state index in [4.69, 9.17) is 0 Å². The van der Waals surface area contributed by atoms with E-state index in [2.05, 4.69) is 25.3 Å². The van der Waals surface area contributed by atoms with E-state index in [1.54, 1.807) is 0 Å². The molecule has 60 valence electrons. The Balaban J connectivity index is 2.15. The fourth-order valence-corrected chi connectivity index (χ4v) is 2.80. The molecule has 1 saturated carbocycles. The van der Waals surface area contributed by atoms with Crippen LogP contribution in [0.25, 0.3) is 0 Å². The van der Waals surface area contributed by atoms with Crippen LogP contribution in [-0.4, -0.2) is 9.36 Å². The predicted molar refractivity (Wildman–Crippen MR) is 48.8 cm³/mol. The topological polar surface area (TPSA) is 25.8 Å². The Morgan fingerprint density at radius 1 is 1.36 bits per heavy atom. The molecule has 1 aliphatic rings. The van der Waals surface area contributed by atoms with E-state index < -0.39 is 0 Å². The van der Waals surface area contributed by atoms with Crippen LogP contribution in [0.4, 0.5) is 0 Å². The van der Waals surface area contributed by atoms with Gasteiger partial charge in [0.05, 0.1) is 0 Å². The minimum atomic E-state index is 0.707. The number of hydrogen-bond donors (Lipinski definition) is 0. The molecule has 1 aliphatic carbocycles. The van der Waals surface area contributed by atoms with Crippen LogP contribution >= 0.6 is 27.5 Å².